The van der Waals surface area contributed by atoms with Crippen LogP contribution in [0.15, 0.2) is 29.1 Å². The van der Waals surface area contributed by atoms with E-state index in [4.69, 9.17) is 10.8 Å². The summed E-state index contributed by atoms with van der Waals surface area (Å²) in [7, 11) is 1.79. The predicted molar refractivity (Wildman–Crippen MR) is 121 cm³/mol. The maximum atomic E-state index is 12.3. The largest absolute Gasteiger partial charge is 0.481 e. The molecule has 2 atom stereocenters. The zero-order valence-corrected chi connectivity index (χ0v) is 17.8. The second-order valence-electron chi connectivity index (χ2n) is 7.55. The number of aliphatic carboxylic acids is 2. The molecule has 0 radical (unpaired) electrons. The van der Waals surface area contributed by atoms with Crippen molar-refractivity contribution in [2.75, 3.05) is 41.4 Å². The van der Waals surface area contributed by atoms with Crippen molar-refractivity contribution in [3.05, 3.63) is 40.2 Å². The Morgan fingerprint density at radius 2 is 1.97 bits per heavy atom. The van der Waals surface area contributed by atoms with Gasteiger partial charge in [-0.3, -0.25) is 19.4 Å². The van der Waals surface area contributed by atoms with Gasteiger partial charge < -0.3 is 36.8 Å². The molecule has 3 rings (SSSR count). The number of H-pyrrole nitrogens is 1. The highest BCUT2D eigenvalue weighted by atomic mass is 16.5. The van der Waals surface area contributed by atoms with Crippen LogP contribution in [0.5, 0.6) is 0 Å². The van der Waals surface area contributed by atoms with Gasteiger partial charge in [0.2, 0.25) is 5.95 Å². The summed E-state index contributed by atoms with van der Waals surface area (Å²) in [6.45, 7) is 1.01. The molecule has 0 bridgehead atoms. The van der Waals surface area contributed by atoms with Crippen molar-refractivity contribution in [1.29, 1.82) is 0 Å². The lowest BCUT2D eigenvalue weighted by Gasteiger charge is -2.35. The Hall–Kier alpha value is -4.29. The number of likely N-dealkylation sites (N-methyl/N-ethyl adjacent to an activating group) is 1. The molecule has 0 saturated carbocycles. The molecular formula is C20H25N7O6. The number of nitrogens with one attached hydrogen (secondary N) is 4. The van der Waals surface area contributed by atoms with E-state index in [1.54, 1.807) is 19.2 Å². The van der Waals surface area contributed by atoms with Crippen molar-refractivity contribution in [3.8, 4) is 0 Å². The minimum absolute atomic E-state index is 0.0388. The Bertz CT molecular complexity index is 1100. The molecule has 33 heavy (non-hydrogen) atoms. The average molecular weight is 464 g/mol. The van der Waals surface area contributed by atoms with Crippen LogP contribution in [0.2, 0.25) is 0 Å². The first kappa shape index (κ1) is 23.4. The number of nitrogens with zero attached hydrogens (tertiary/aromatic N) is 2. The molecule has 1 unspecified atom stereocenters. The Morgan fingerprint density at radius 1 is 1.27 bits per heavy atom. The summed E-state index contributed by atoms with van der Waals surface area (Å²) >= 11 is 0. The molecule has 176 valence electrons. The third kappa shape index (κ3) is 5.70. The van der Waals surface area contributed by atoms with Gasteiger partial charge in [-0.25, -0.2) is 4.79 Å². The standard InChI is InChI=1S/C20H25N7O6/c1-27-12(9-23-16-15(27)18(31)26-20(21)25-16)8-22-11-4-2-10(3-5-11)17(30)24-13(19(32)33)6-7-14(28)29/h2-5,12-13,22H,6-9H2,1H3,(H,24,30)(H,28,29)(H,32,33)(H4,21,23,25,26,31)/t12-,13?/m0/s1/i6+1,7+1,13+1,14+1,19+1. The summed E-state index contributed by atoms with van der Waals surface area (Å²) in [6.07, 6.45) is -0.586. The number of amides is 1. The summed E-state index contributed by atoms with van der Waals surface area (Å²) in [5.41, 5.74) is 6.59. The Morgan fingerprint density at radius 3 is 2.61 bits per heavy atom. The number of aromatic nitrogens is 2. The van der Waals surface area contributed by atoms with Crippen LogP contribution in [-0.4, -0.2) is 70.2 Å². The van der Waals surface area contributed by atoms with E-state index in [-0.39, 0.29) is 36.0 Å². The van der Waals surface area contributed by atoms with Crippen molar-refractivity contribution < 1.29 is 24.6 Å². The van der Waals surface area contributed by atoms with E-state index in [0.717, 1.165) is 5.69 Å². The van der Waals surface area contributed by atoms with Crippen molar-refractivity contribution >= 4 is 41.0 Å². The van der Waals surface area contributed by atoms with E-state index < -0.39 is 23.9 Å². The number of carboxylic acid groups (broad SMARTS) is 2. The van der Waals surface area contributed by atoms with Gasteiger partial charge in [0.05, 0.1) is 6.04 Å². The van der Waals surface area contributed by atoms with Gasteiger partial charge in [0.1, 0.15) is 11.7 Å². The molecule has 2 aromatic rings. The molecule has 0 aliphatic carbocycles. The number of hydrogen-bond donors (Lipinski definition) is 7. The smallest absolute Gasteiger partial charge is 0.326 e. The van der Waals surface area contributed by atoms with Crippen LogP contribution in [0, 0.1) is 0 Å². The minimum Gasteiger partial charge on any atom is -0.481 e. The quantitative estimate of drug-likeness (QED) is 0.241. The first-order valence-electron chi connectivity index (χ1n) is 10.1. The Balaban J connectivity index is 1.58. The van der Waals surface area contributed by atoms with E-state index in [1.807, 2.05) is 4.90 Å². The lowest BCUT2D eigenvalue weighted by atomic mass is 10.1. The number of rotatable bonds is 9. The van der Waals surface area contributed by atoms with Gasteiger partial charge in [0.25, 0.3) is 11.5 Å². The molecule has 1 aliphatic rings. The average Bonchev–Trinajstić information content (AvgIpc) is 2.75. The van der Waals surface area contributed by atoms with Gasteiger partial charge in [-0.15, -0.1) is 0 Å². The highest BCUT2D eigenvalue weighted by Crippen LogP contribution is 2.25. The minimum atomic E-state index is -1.30. The van der Waals surface area contributed by atoms with E-state index in [0.29, 0.717) is 24.6 Å². The molecule has 1 aromatic heterocycles. The molecule has 2 heterocycles. The first-order valence-corrected chi connectivity index (χ1v) is 10.1. The molecule has 1 amide bonds. The zero-order valence-electron chi connectivity index (χ0n) is 17.8. The number of benzene rings is 1. The van der Waals surface area contributed by atoms with Crippen LogP contribution in [0.1, 0.15) is 23.2 Å². The predicted octanol–water partition coefficient (Wildman–Crippen LogP) is -0.258. The number of hydrogen-bond acceptors (Lipinski definition) is 9. The molecule has 13 nitrogen and oxygen atoms in total. The molecule has 1 aliphatic heterocycles. The third-order valence-corrected chi connectivity index (χ3v) is 5.26. The van der Waals surface area contributed by atoms with Crippen LogP contribution in [0.25, 0.3) is 0 Å². The van der Waals surface area contributed by atoms with Gasteiger partial charge >= 0.3 is 11.9 Å². The monoisotopic (exact) mass is 464 g/mol. The first-order chi connectivity index (χ1) is 15.7. The van der Waals surface area contributed by atoms with Crippen LogP contribution < -0.4 is 32.1 Å². The zero-order chi connectivity index (χ0) is 24.1. The SMILES string of the molecule is CN1c2c(nc(N)[nH]c2=O)NC[C@@H]1CNc1ccc(C(=O)N[13CH]([13CH2][13CH2][13C](=O)O)[13C](=O)O)cc1. The van der Waals surface area contributed by atoms with Gasteiger partial charge in [0, 0.05) is 37.8 Å². The lowest BCUT2D eigenvalue weighted by molar-refractivity contribution is -0.140. The molecule has 0 saturated heterocycles. The number of nitrogen functional groups attached to an aromatic ring is 1. The summed E-state index contributed by atoms with van der Waals surface area (Å²) in [6, 6.07) is 5.03. The van der Waals surface area contributed by atoms with Crippen LogP contribution in [0.4, 0.5) is 23.1 Å². The number of carbonyl (C=O) groups is 3. The normalized spacial score (nSPS) is 15.7. The fourth-order valence-electron chi connectivity index (χ4n) is 3.42. The number of anilines is 4. The molecule has 1 aromatic carbocycles. The van der Waals surface area contributed by atoms with E-state index >= 15 is 0 Å². The number of fused-ring (bicyclic) bond motifs is 1. The highest BCUT2D eigenvalue weighted by Gasteiger charge is 2.27. The lowest BCUT2D eigenvalue weighted by Crippen LogP contribution is -2.48. The van der Waals surface area contributed by atoms with E-state index in [2.05, 4.69) is 25.9 Å². The fourth-order valence-corrected chi connectivity index (χ4v) is 3.42. The summed E-state index contributed by atoms with van der Waals surface area (Å²) in [5.74, 6) is -2.59. The van der Waals surface area contributed by atoms with E-state index in [1.165, 1.54) is 12.1 Å². The van der Waals surface area contributed by atoms with Crippen LogP contribution >= 0.6 is 0 Å². The molecular weight excluding hydrogens is 439 g/mol. The number of nitrogens with two attached hydrogens (primary N) is 1. The van der Waals surface area contributed by atoms with Gasteiger partial charge in [-0.05, 0) is 30.7 Å². The highest BCUT2D eigenvalue weighted by molar-refractivity contribution is 5.96. The van der Waals surface area contributed by atoms with Gasteiger partial charge in [-0.2, -0.15) is 4.98 Å². The topological polar surface area (TPSA) is 203 Å². The fraction of sp³-hybridized carbons (Fsp3) is 0.350. The van der Waals surface area contributed by atoms with Crippen molar-refractivity contribution in [2.24, 2.45) is 0 Å². The van der Waals surface area contributed by atoms with Crippen LogP contribution in [-0.2, 0) is 9.59 Å². The van der Waals surface area contributed by atoms with Crippen molar-refractivity contribution in [3.63, 3.8) is 0 Å². The van der Waals surface area contributed by atoms with Crippen molar-refractivity contribution in [2.45, 2.75) is 24.9 Å². The number of carbonyl (C=O) groups excluding carboxylic acids is 1. The summed E-state index contributed by atoms with van der Waals surface area (Å²) in [4.78, 5) is 54.9. The number of aromatic amines is 1. The molecule has 0 fully saturated rings. The van der Waals surface area contributed by atoms with Crippen LogP contribution in [0.3, 0.4) is 0 Å². The third-order valence-electron chi connectivity index (χ3n) is 5.26. The maximum Gasteiger partial charge on any atom is 0.326 e. The maximum absolute atomic E-state index is 12.3. The second-order valence-corrected chi connectivity index (χ2v) is 7.55. The second kappa shape index (κ2) is 9.89. The van der Waals surface area contributed by atoms with Gasteiger partial charge in [0.15, 0.2) is 5.82 Å². The molecule has 13 heteroatoms. The Labute approximate surface area is 188 Å². The van der Waals surface area contributed by atoms with E-state index in [9.17, 15) is 24.3 Å². The molecule has 8 N–H and O–H groups in total. The number of carboxylic acids is 2. The molecule has 0 spiro atoms. The Kier molecular flexibility index (Phi) is 7.00. The van der Waals surface area contributed by atoms with Crippen molar-refractivity contribution in [1.82, 2.24) is 15.3 Å². The summed E-state index contributed by atoms with van der Waals surface area (Å²) < 4.78 is 0. The van der Waals surface area contributed by atoms with Gasteiger partial charge in [-0.1, -0.05) is 0 Å². The summed E-state index contributed by atoms with van der Waals surface area (Å²) in [5, 5.41) is 26.6.